The van der Waals surface area contributed by atoms with Crippen LogP contribution in [0.5, 0.6) is 0 Å². The summed E-state index contributed by atoms with van der Waals surface area (Å²) in [7, 11) is 0. The molecule has 0 aromatic carbocycles. The topological polar surface area (TPSA) is 132 Å². The van der Waals surface area contributed by atoms with Gasteiger partial charge in [0.2, 0.25) is 5.89 Å². The number of nitrogens with one attached hydrogen (secondary N) is 2. The van der Waals surface area contributed by atoms with E-state index < -0.39 is 5.91 Å². The number of aryl methyl sites for hydroxylation is 1. The first-order valence-electron chi connectivity index (χ1n) is 4.61. The minimum atomic E-state index is -0.496. The molecule has 9 heteroatoms. The molecule has 0 fully saturated rings. The van der Waals surface area contributed by atoms with Gasteiger partial charge in [0.15, 0.2) is 11.5 Å². The lowest BCUT2D eigenvalue weighted by Gasteiger charge is -2.00. The molecule has 17 heavy (non-hydrogen) atoms. The van der Waals surface area contributed by atoms with Crippen molar-refractivity contribution in [2.75, 3.05) is 10.7 Å². The number of nitrogen functional groups attached to an aromatic ring is 1. The highest BCUT2D eigenvalue weighted by Crippen LogP contribution is 2.06. The quantitative estimate of drug-likeness (QED) is 0.488. The first-order valence-corrected chi connectivity index (χ1v) is 4.61. The Kier molecular flexibility index (Phi) is 2.92. The van der Waals surface area contributed by atoms with Gasteiger partial charge in [0.25, 0.3) is 5.91 Å². The average Bonchev–Trinajstić information content (AvgIpc) is 2.75. The summed E-state index contributed by atoms with van der Waals surface area (Å²) in [6.07, 6.45) is 0. The van der Waals surface area contributed by atoms with E-state index in [0.29, 0.717) is 11.7 Å². The zero-order valence-corrected chi connectivity index (χ0v) is 8.84. The van der Waals surface area contributed by atoms with Gasteiger partial charge in [-0.05, 0) is 12.1 Å². The molecule has 0 saturated carbocycles. The number of anilines is 2. The monoisotopic (exact) mass is 235 g/mol. The zero-order chi connectivity index (χ0) is 12.3. The van der Waals surface area contributed by atoms with E-state index >= 15 is 0 Å². The van der Waals surface area contributed by atoms with Gasteiger partial charge in [-0.1, -0.05) is 5.10 Å². The minimum Gasteiger partial charge on any atom is -0.408 e. The van der Waals surface area contributed by atoms with Crippen LogP contribution in [-0.4, -0.2) is 26.3 Å². The number of hydrazine groups is 1. The van der Waals surface area contributed by atoms with E-state index in [9.17, 15) is 4.79 Å². The Morgan fingerprint density at radius 1 is 1.29 bits per heavy atom. The first-order chi connectivity index (χ1) is 8.19. The highest BCUT2D eigenvalue weighted by Gasteiger charge is 2.11. The Bertz CT molecular complexity index is 521. The molecule has 1 amide bonds. The number of carbonyl (C=O) groups is 1. The van der Waals surface area contributed by atoms with Crippen molar-refractivity contribution in [2.45, 2.75) is 6.92 Å². The van der Waals surface area contributed by atoms with Crippen LogP contribution in [0.2, 0.25) is 0 Å². The number of aromatic nitrogens is 4. The fourth-order valence-corrected chi connectivity index (χ4v) is 1.04. The van der Waals surface area contributed by atoms with Crippen LogP contribution in [0.3, 0.4) is 0 Å². The number of hydrogen-bond donors (Lipinski definition) is 3. The summed E-state index contributed by atoms with van der Waals surface area (Å²) in [5.74, 6) is 5.33. The third-order valence-corrected chi connectivity index (χ3v) is 1.79. The van der Waals surface area contributed by atoms with Gasteiger partial charge in [-0.25, -0.2) is 5.84 Å². The normalized spacial score (nSPS) is 10.0. The van der Waals surface area contributed by atoms with Crippen molar-refractivity contribution < 1.29 is 9.21 Å². The molecule has 0 aliphatic rings. The standard InChI is InChI=1S/C8H9N7O2/c1-4-12-15-8(17-4)10-7(16)5-2-3-6(11-9)14-13-5/h2-3H,9H2,1H3,(H,11,14)(H,10,15,16). The van der Waals surface area contributed by atoms with Crippen LogP contribution in [0.15, 0.2) is 16.5 Å². The molecule has 0 aliphatic carbocycles. The van der Waals surface area contributed by atoms with E-state index in [-0.39, 0.29) is 11.7 Å². The summed E-state index contributed by atoms with van der Waals surface area (Å²) < 4.78 is 4.99. The van der Waals surface area contributed by atoms with E-state index in [0.717, 1.165) is 0 Å². The van der Waals surface area contributed by atoms with Gasteiger partial charge in [-0.15, -0.1) is 15.3 Å². The molecule has 2 aromatic heterocycles. The second-order valence-corrected chi connectivity index (χ2v) is 3.03. The molecule has 0 aliphatic heterocycles. The second-order valence-electron chi connectivity index (χ2n) is 3.03. The summed E-state index contributed by atoms with van der Waals surface area (Å²) in [6, 6.07) is 2.98. The molecule has 9 nitrogen and oxygen atoms in total. The Hall–Kier alpha value is -2.55. The van der Waals surface area contributed by atoms with Crippen molar-refractivity contribution in [3.63, 3.8) is 0 Å². The highest BCUT2D eigenvalue weighted by molar-refractivity contribution is 6.01. The fraction of sp³-hybridized carbons (Fsp3) is 0.125. The van der Waals surface area contributed by atoms with Crippen LogP contribution in [0.4, 0.5) is 11.8 Å². The van der Waals surface area contributed by atoms with Crippen molar-refractivity contribution in [3.8, 4) is 0 Å². The van der Waals surface area contributed by atoms with Crippen LogP contribution in [0, 0.1) is 6.92 Å². The van der Waals surface area contributed by atoms with Crippen LogP contribution in [0.1, 0.15) is 16.4 Å². The largest absolute Gasteiger partial charge is 0.408 e. The predicted molar refractivity (Wildman–Crippen MR) is 56.8 cm³/mol. The third-order valence-electron chi connectivity index (χ3n) is 1.79. The van der Waals surface area contributed by atoms with Gasteiger partial charge in [0.05, 0.1) is 0 Å². The number of nitrogens with zero attached hydrogens (tertiary/aromatic N) is 4. The van der Waals surface area contributed by atoms with E-state index in [4.69, 9.17) is 10.3 Å². The smallest absolute Gasteiger partial charge is 0.322 e. The first kappa shape index (κ1) is 11.0. The van der Waals surface area contributed by atoms with Crippen molar-refractivity contribution in [2.24, 2.45) is 5.84 Å². The molecule has 2 aromatic rings. The minimum absolute atomic E-state index is 0.00956. The maximum Gasteiger partial charge on any atom is 0.322 e. The molecule has 2 heterocycles. The molecule has 4 N–H and O–H groups in total. The number of amides is 1. The van der Waals surface area contributed by atoms with Gasteiger partial charge in [-0.3, -0.25) is 10.1 Å². The highest BCUT2D eigenvalue weighted by atomic mass is 16.4. The maximum absolute atomic E-state index is 11.6. The Morgan fingerprint density at radius 3 is 2.65 bits per heavy atom. The summed E-state index contributed by atoms with van der Waals surface area (Å²) in [5.41, 5.74) is 2.41. The molecule has 0 atom stereocenters. The molecule has 0 spiro atoms. The van der Waals surface area contributed by atoms with Crippen molar-refractivity contribution in [1.29, 1.82) is 0 Å². The van der Waals surface area contributed by atoms with Crippen molar-refractivity contribution >= 4 is 17.7 Å². The van der Waals surface area contributed by atoms with Gasteiger partial charge < -0.3 is 9.84 Å². The number of hydrogen-bond acceptors (Lipinski definition) is 8. The SMILES string of the molecule is Cc1nnc(NC(=O)c2ccc(NN)nn2)o1. The van der Waals surface area contributed by atoms with E-state index in [2.05, 4.69) is 31.1 Å². The molecule has 0 radical (unpaired) electrons. The summed E-state index contributed by atoms with van der Waals surface area (Å²) in [4.78, 5) is 11.6. The number of nitrogens with two attached hydrogens (primary N) is 1. The molecule has 2 rings (SSSR count). The molecular formula is C8H9N7O2. The van der Waals surface area contributed by atoms with Gasteiger partial charge in [0.1, 0.15) is 0 Å². The Balaban J connectivity index is 2.09. The second kappa shape index (κ2) is 4.53. The summed E-state index contributed by atoms with van der Waals surface area (Å²) >= 11 is 0. The average molecular weight is 235 g/mol. The number of rotatable bonds is 3. The predicted octanol–water partition coefficient (Wildman–Crippen LogP) is -0.294. The molecule has 0 bridgehead atoms. The van der Waals surface area contributed by atoms with Gasteiger partial charge >= 0.3 is 6.01 Å². The molecular weight excluding hydrogens is 226 g/mol. The van der Waals surface area contributed by atoms with E-state index in [1.807, 2.05) is 0 Å². The lowest BCUT2D eigenvalue weighted by Crippen LogP contribution is -2.16. The van der Waals surface area contributed by atoms with Crippen LogP contribution >= 0.6 is 0 Å². The molecule has 0 unspecified atom stereocenters. The zero-order valence-electron chi connectivity index (χ0n) is 8.84. The van der Waals surface area contributed by atoms with Crippen LogP contribution in [-0.2, 0) is 0 Å². The van der Waals surface area contributed by atoms with Crippen molar-refractivity contribution in [1.82, 2.24) is 20.4 Å². The summed E-state index contributed by atoms with van der Waals surface area (Å²) in [5, 5.41) is 16.9. The third kappa shape index (κ3) is 2.52. The van der Waals surface area contributed by atoms with Crippen LogP contribution < -0.4 is 16.6 Å². The Morgan fingerprint density at radius 2 is 2.12 bits per heavy atom. The van der Waals surface area contributed by atoms with E-state index in [1.54, 1.807) is 6.92 Å². The molecule has 0 saturated heterocycles. The summed E-state index contributed by atoms with van der Waals surface area (Å²) in [6.45, 7) is 1.62. The lowest BCUT2D eigenvalue weighted by molar-refractivity contribution is 0.101. The van der Waals surface area contributed by atoms with Gasteiger partial charge in [-0.2, -0.15) is 0 Å². The van der Waals surface area contributed by atoms with E-state index in [1.165, 1.54) is 12.1 Å². The molecule has 88 valence electrons. The fourth-order valence-electron chi connectivity index (χ4n) is 1.04. The maximum atomic E-state index is 11.6. The van der Waals surface area contributed by atoms with Gasteiger partial charge in [0, 0.05) is 6.92 Å². The number of carbonyl (C=O) groups excluding carboxylic acids is 1. The lowest BCUT2D eigenvalue weighted by atomic mass is 10.3. The van der Waals surface area contributed by atoms with Crippen molar-refractivity contribution in [3.05, 3.63) is 23.7 Å². The Labute approximate surface area is 95.4 Å². The van der Waals surface area contributed by atoms with Crippen LogP contribution in [0.25, 0.3) is 0 Å².